The van der Waals surface area contributed by atoms with E-state index in [1.807, 2.05) is 0 Å². The largest absolute Gasteiger partial charge is 0.497 e. The lowest BCUT2D eigenvalue weighted by Crippen LogP contribution is -2.40. The second-order valence-corrected chi connectivity index (χ2v) is 11.2. The molecule has 0 radical (unpaired) electrons. The number of Topliss-reactive ketones (excluding diaryl/α,β-unsaturated/α-hetero) is 4. The average Bonchev–Trinajstić information content (AvgIpc) is 3.18. The van der Waals surface area contributed by atoms with E-state index in [0.29, 0.717) is 34.1 Å². The van der Waals surface area contributed by atoms with Gasteiger partial charge in [0.15, 0.2) is 11.6 Å². The number of carbonyl (C=O) groups excluding carboxylic acids is 6. The highest BCUT2D eigenvalue weighted by Crippen LogP contribution is 2.27. The second-order valence-electron chi connectivity index (χ2n) is 11.2. The minimum Gasteiger partial charge on any atom is -0.497 e. The number of ketones is 4. The van der Waals surface area contributed by atoms with Crippen molar-refractivity contribution in [2.24, 2.45) is 0 Å². The van der Waals surface area contributed by atoms with Crippen molar-refractivity contribution in [3.05, 3.63) is 119 Å². The number of hydrogen-bond donors (Lipinski definition) is 2. The quantitative estimate of drug-likeness (QED) is 0.0671. The van der Waals surface area contributed by atoms with Gasteiger partial charge in [-0.25, -0.2) is 0 Å². The molecule has 4 rings (SSSR count). The molecule has 264 valence electrons. The Morgan fingerprint density at radius 2 is 0.725 bits per heavy atom. The molecule has 4 aromatic rings. The van der Waals surface area contributed by atoms with Crippen LogP contribution in [-0.4, -0.2) is 76.5 Å². The third-order valence-corrected chi connectivity index (χ3v) is 8.07. The Bertz CT molecular complexity index is 1720. The third-order valence-electron chi connectivity index (χ3n) is 8.07. The zero-order valence-corrected chi connectivity index (χ0v) is 28.6. The normalized spacial score (nSPS) is 11.7. The van der Waals surface area contributed by atoms with E-state index in [0.717, 1.165) is 0 Å². The summed E-state index contributed by atoms with van der Waals surface area (Å²) in [6, 6.07) is 24.9. The molecule has 0 aliphatic carbocycles. The van der Waals surface area contributed by atoms with Crippen LogP contribution in [0.5, 0.6) is 23.0 Å². The van der Waals surface area contributed by atoms with Crippen molar-refractivity contribution in [3.63, 3.8) is 0 Å². The zero-order chi connectivity index (χ0) is 36.9. The summed E-state index contributed by atoms with van der Waals surface area (Å²) in [6.07, 6.45) is 0.136. The Kier molecular flexibility index (Phi) is 13.2. The Morgan fingerprint density at radius 1 is 0.451 bits per heavy atom. The average molecular weight is 695 g/mol. The summed E-state index contributed by atoms with van der Waals surface area (Å²) in [4.78, 5) is 79.9. The topological polar surface area (TPSA) is 163 Å². The minimum absolute atomic E-state index is 0.0577. The van der Waals surface area contributed by atoms with Gasteiger partial charge in [0, 0.05) is 24.2 Å². The van der Waals surface area contributed by atoms with E-state index in [4.69, 9.17) is 18.9 Å². The van der Waals surface area contributed by atoms with Crippen LogP contribution in [0.25, 0.3) is 0 Å². The van der Waals surface area contributed by atoms with Crippen LogP contribution in [-0.2, 0) is 19.2 Å². The lowest BCUT2D eigenvalue weighted by atomic mass is 9.86. The fourth-order valence-electron chi connectivity index (χ4n) is 5.21. The van der Waals surface area contributed by atoms with Crippen molar-refractivity contribution in [2.45, 2.75) is 18.3 Å². The summed E-state index contributed by atoms with van der Waals surface area (Å²) >= 11 is 0. The first-order chi connectivity index (χ1) is 24.6. The maximum absolute atomic E-state index is 13.5. The van der Waals surface area contributed by atoms with Gasteiger partial charge >= 0.3 is 0 Å². The lowest BCUT2D eigenvalue weighted by molar-refractivity contribution is -0.138. The molecule has 0 saturated heterocycles. The van der Waals surface area contributed by atoms with Crippen molar-refractivity contribution >= 4 is 34.9 Å². The molecule has 2 N–H and O–H groups in total. The molecule has 4 aromatic carbocycles. The third kappa shape index (κ3) is 9.44. The molecular weight excluding hydrogens is 656 g/mol. The zero-order valence-electron chi connectivity index (χ0n) is 28.6. The molecule has 0 aliphatic heterocycles. The number of benzene rings is 4. The van der Waals surface area contributed by atoms with Crippen molar-refractivity contribution in [3.8, 4) is 23.0 Å². The number of rotatable bonds is 18. The van der Waals surface area contributed by atoms with Crippen LogP contribution in [0.2, 0.25) is 0 Å². The van der Waals surface area contributed by atoms with Gasteiger partial charge in [-0.2, -0.15) is 0 Å². The Balaban J connectivity index is 1.39. The Hall–Kier alpha value is -6.30. The molecule has 0 heterocycles. The predicted molar refractivity (Wildman–Crippen MR) is 187 cm³/mol. The fourth-order valence-corrected chi connectivity index (χ4v) is 5.21. The van der Waals surface area contributed by atoms with Crippen molar-refractivity contribution in [1.29, 1.82) is 0 Å². The maximum Gasteiger partial charge on any atom is 0.288 e. The van der Waals surface area contributed by atoms with Crippen LogP contribution >= 0.6 is 0 Å². The first-order valence-electron chi connectivity index (χ1n) is 15.9. The highest BCUT2D eigenvalue weighted by Gasteiger charge is 2.35. The SMILES string of the molecule is COc1ccc(C(=O)[C@H](C(=O)C(=O)NCCCNC(=O)C(=O)[C@@H](C(=O)c2ccc(OC)cc2)c2ccc(OC)cc2)c2ccc(OC)cc2)cc1. The summed E-state index contributed by atoms with van der Waals surface area (Å²) in [5.41, 5.74) is 1.03. The van der Waals surface area contributed by atoms with Gasteiger partial charge in [0.05, 0.1) is 28.4 Å². The monoisotopic (exact) mass is 694 g/mol. The van der Waals surface area contributed by atoms with Crippen LogP contribution in [0.15, 0.2) is 97.1 Å². The molecule has 12 heteroatoms. The van der Waals surface area contributed by atoms with Gasteiger partial charge in [0.2, 0.25) is 11.6 Å². The van der Waals surface area contributed by atoms with E-state index in [-0.39, 0.29) is 30.6 Å². The molecule has 0 spiro atoms. The summed E-state index contributed by atoms with van der Waals surface area (Å²) in [5.74, 6) is -5.91. The molecule has 12 nitrogen and oxygen atoms in total. The molecular formula is C39H38N2O10. The van der Waals surface area contributed by atoms with Gasteiger partial charge < -0.3 is 29.6 Å². The van der Waals surface area contributed by atoms with Crippen LogP contribution in [0.4, 0.5) is 0 Å². The van der Waals surface area contributed by atoms with Crippen molar-refractivity contribution in [1.82, 2.24) is 10.6 Å². The first kappa shape index (κ1) is 37.5. The van der Waals surface area contributed by atoms with E-state index in [9.17, 15) is 28.8 Å². The van der Waals surface area contributed by atoms with Crippen molar-refractivity contribution < 1.29 is 47.7 Å². The highest BCUT2D eigenvalue weighted by atomic mass is 16.5. The number of methoxy groups -OCH3 is 4. The molecule has 0 unspecified atom stereocenters. The summed E-state index contributed by atoms with van der Waals surface area (Å²) in [7, 11) is 5.93. The van der Waals surface area contributed by atoms with Gasteiger partial charge in [-0.3, -0.25) is 28.8 Å². The minimum atomic E-state index is -1.43. The van der Waals surface area contributed by atoms with E-state index in [1.54, 1.807) is 72.8 Å². The second kappa shape index (κ2) is 17.9. The van der Waals surface area contributed by atoms with Gasteiger partial charge in [-0.1, -0.05) is 24.3 Å². The molecule has 2 atom stereocenters. The van der Waals surface area contributed by atoms with Crippen LogP contribution in [0.3, 0.4) is 0 Å². The van der Waals surface area contributed by atoms with Crippen molar-refractivity contribution in [2.75, 3.05) is 41.5 Å². The van der Waals surface area contributed by atoms with E-state index in [1.165, 1.54) is 52.7 Å². The molecule has 0 aromatic heterocycles. The lowest BCUT2D eigenvalue weighted by Gasteiger charge is -2.17. The van der Waals surface area contributed by atoms with Gasteiger partial charge in [-0.05, 0) is 90.3 Å². The number of hydrogen-bond acceptors (Lipinski definition) is 10. The Labute approximate surface area is 295 Å². The standard InChI is InChI=1S/C39H38N2O10/c1-48-28-14-6-24(7-15-28)32(34(42)26-10-18-30(50-3)19-11-26)36(44)38(46)40-22-5-23-41-39(47)37(45)33(25-8-16-29(49-2)17-9-25)35(43)27-12-20-31(51-4)21-13-27/h6-21,32-33H,5,22-23H2,1-4H3,(H,40,46)(H,41,47)/t32-,33-/m1/s1. The van der Waals surface area contributed by atoms with Gasteiger partial charge in [0.25, 0.3) is 11.8 Å². The van der Waals surface area contributed by atoms with E-state index < -0.39 is 46.8 Å². The molecule has 0 fully saturated rings. The van der Waals surface area contributed by atoms with Crippen LogP contribution < -0.4 is 29.6 Å². The number of ether oxygens (including phenoxy) is 4. The summed E-state index contributed by atoms with van der Waals surface area (Å²) in [5, 5.41) is 4.99. The summed E-state index contributed by atoms with van der Waals surface area (Å²) in [6.45, 7) is -0.115. The molecule has 0 aliphatic rings. The molecule has 0 bridgehead atoms. The molecule has 2 amide bonds. The smallest absolute Gasteiger partial charge is 0.288 e. The molecule has 51 heavy (non-hydrogen) atoms. The number of carbonyl (C=O) groups is 6. The fraction of sp³-hybridized carbons (Fsp3) is 0.231. The van der Waals surface area contributed by atoms with Gasteiger partial charge in [0.1, 0.15) is 34.8 Å². The van der Waals surface area contributed by atoms with E-state index >= 15 is 0 Å². The Morgan fingerprint density at radius 3 is 1.00 bits per heavy atom. The number of amides is 2. The predicted octanol–water partition coefficient (Wildman–Crippen LogP) is 4.11. The molecule has 0 saturated carbocycles. The van der Waals surface area contributed by atoms with E-state index in [2.05, 4.69) is 10.6 Å². The summed E-state index contributed by atoms with van der Waals surface area (Å²) < 4.78 is 20.7. The highest BCUT2D eigenvalue weighted by molar-refractivity contribution is 6.44. The van der Waals surface area contributed by atoms with Gasteiger partial charge in [-0.15, -0.1) is 0 Å². The maximum atomic E-state index is 13.5. The van der Waals surface area contributed by atoms with Crippen LogP contribution in [0.1, 0.15) is 50.1 Å². The number of nitrogens with one attached hydrogen (secondary N) is 2. The first-order valence-corrected chi connectivity index (χ1v) is 15.9. The van der Waals surface area contributed by atoms with Crippen LogP contribution in [0, 0.1) is 0 Å².